The van der Waals surface area contributed by atoms with E-state index in [2.05, 4.69) is 54.8 Å². The molecule has 2 aromatic rings. The van der Waals surface area contributed by atoms with E-state index in [0.717, 1.165) is 16.9 Å². The Hall–Kier alpha value is -2.75. The van der Waals surface area contributed by atoms with Gasteiger partial charge in [0.1, 0.15) is 18.2 Å². The molecule has 0 aliphatic rings. The molecule has 0 fully saturated rings. The number of anilines is 1. The van der Waals surface area contributed by atoms with Crippen LogP contribution in [0.15, 0.2) is 42.6 Å². The highest BCUT2D eigenvalue weighted by molar-refractivity contribution is 6.74. The topological polar surface area (TPSA) is 102 Å². The Morgan fingerprint density at radius 1 is 1.09 bits per heavy atom. The van der Waals surface area contributed by atoms with Gasteiger partial charge in [-0.3, -0.25) is 9.59 Å². The molecule has 1 atom stereocenters. The lowest BCUT2D eigenvalue weighted by molar-refractivity contribution is -0.120. The van der Waals surface area contributed by atoms with Crippen molar-refractivity contribution in [1.82, 2.24) is 15.6 Å². The zero-order valence-electron chi connectivity index (χ0n) is 22.0. The molecule has 0 saturated heterocycles. The van der Waals surface area contributed by atoms with Crippen LogP contribution in [-0.4, -0.2) is 51.9 Å². The second kappa shape index (κ2) is 12.8. The number of nitrogens with one attached hydrogen (secondary N) is 3. The third-order valence-corrected chi connectivity index (χ3v) is 10.6. The van der Waals surface area contributed by atoms with Crippen molar-refractivity contribution in [2.75, 3.05) is 32.1 Å². The van der Waals surface area contributed by atoms with Crippen LogP contribution in [0.2, 0.25) is 18.1 Å². The van der Waals surface area contributed by atoms with Gasteiger partial charge in [-0.1, -0.05) is 39.0 Å². The first kappa shape index (κ1) is 28.5. The third-order valence-electron chi connectivity index (χ3n) is 6.15. The second-order valence-electron chi connectivity index (χ2n) is 10.1. The fraction of sp³-hybridized carbons (Fsp3) is 0.500. The minimum atomic E-state index is -2.03. The van der Waals surface area contributed by atoms with Crippen molar-refractivity contribution >= 4 is 25.9 Å². The number of nitrogens with zero attached hydrogens (tertiary/aromatic N) is 1. The lowest BCUT2D eigenvalue weighted by atomic mass is 10.1. The SMILES string of the molecule is CNC(=O)Cc1ccc(OCCNC[C@H](O[Si](C)(C)C(C)(C)C)c2ccc(NC(C)=O)nc2)cc1. The van der Waals surface area contributed by atoms with Crippen molar-refractivity contribution in [3.8, 4) is 5.75 Å². The maximum absolute atomic E-state index is 11.5. The molecule has 0 aliphatic heterocycles. The van der Waals surface area contributed by atoms with Gasteiger partial charge in [0.15, 0.2) is 8.32 Å². The summed E-state index contributed by atoms with van der Waals surface area (Å²) < 4.78 is 12.5. The quantitative estimate of drug-likeness (QED) is 0.300. The van der Waals surface area contributed by atoms with Crippen molar-refractivity contribution in [3.63, 3.8) is 0 Å². The number of benzene rings is 1. The summed E-state index contributed by atoms with van der Waals surface area (Å²) in [7, 11) is -0.398. The molecule has 2 rings (SSSR count). The summed E-state index contributed by atoms with van der Waals surface area (Å²) in [4.78, 5) is 27.2. The molecular weight excluding hydrogens is 460 g/mol. The summed E-state index contributed by atoms with van der Waals surface area (Å²) in [6.45, 7) is 14.3. The standard InChI is InChI=1S/C26H40N4O4Si/c1-19(31)30-24-13-10-21(17-29-24)23(34-35(6,7)26(2,3)4)18-28-14-15-33-22-11-8-20(9-12-22)16-25(32)27-5/h8-13,17,23,28H,14-16,18H2,1-7H3,(H,27,32)(H,29,30,31)/t23-/m0/s1. The molecule has 1 aromatic heterocycles. The van der Waals surface area contributed by atoms with Gasteiger partial charge in [0.25, 0.3) is 0 Å². The first-order valence-electron chi connectivity index (χ1n) is 12.0. The van der Waals surface area contributed by atoms with Crippen LogP contribution in [-0.2, 0) is 20.4 Å². The first-order chi connectivity index (χ1) is 16.4. The van der Waals surface area contributed by atoms with Crippen LogP contribution in [0.5, 0.6) is 5.75 Å². The summed E-state index contributed by atoms with van der Waals surface area (Å²) in [6, 6.07) is 11.3. The van der Waals surface area contributed by atoms with E-state index in [9.17, 15) is 9.59 Å². The van der Waals surface area contributed by atoms with Crippen LogP contribution in [0.4, 0.5) is 5.82 Å². The highest BCUT2D eigenvalue weighted by Gasteiger charge is 2.39. The normalized spacial score (nSPS) is 12.7. The molecule has 0 bridgehead atoms. The van der Waals surface area contributed by atoms with Gasteiger partial charge in [-0.2, -0.15) is 0 Å². The second-order valence-corrected chi connectivity index (χ2v) is 14.8. The van der Waals surface area contributed by atoms with Crippen LogP contribution < -0.4 is 20.7 Å². The van der Waals surface area contributed by atoms with Crippen molar-refractivity contribution in [1.29, 1.82) is 0 Å². The van der Waals surface area contributed by atoms with Crippen LogP contribution in [0.3, 0.4) is 0 Å². The van der Waals surface area contributed by atoms with Gasteiger partial charge >= 0.3 is 0 Å². The zero-order chi connectivity index (χ0) is 26.1. The summed E-state index contributed by atoms with van der Waals surface area (Å²) in [5.74, 6) is 1.12. The van der Waals surface area contributed by atoms with Crippen molar-refractivity contribution in [2.45, 2.75) is 58.4 Å². The molecule has 35 heavy (non-hydrogen) atoms. The molecule has 0 spiro atoms. The molecule has 1 heterocycles. The molecule has 1 aromatic carbocycles. The molecular formula is C26H40N4O4Si. The van der Waals surface area contributed by atoms with Crippen molar-refractivity contribution < 1.29 is 18.8 Å². The van der Waals surface area contributed by atoms with E-state index in [-0.39, 0.29) is 23.0 Å². The summed E-state index contributed by atoms with van der Waals surface area (Å²) in [5.41, 5.74) is 1.91. The maximum Gasteiger partial charge on any atom is 0.224 e. The fourth-order valence-electron chi connectivity index (χ4n) is 3.06. The highest BCUT2D eigenvalue weighted by Crippen LogP contribution is 2.39. The average molecular weight is 501 g/mol. The monoisotopic (exact) mass is 500 g/mol. The van der Waals surface area contributed by atoms with Gasteiger partial charge in [0.2, 0.25) is 11.8 Å². The Morgan fingerprint density at radius 3 is 2.31 bits per heavy atom. The first-order valence-corrected chi connectivity index (χ1v) is 14.9. The van der Waals surface area contributed by atoms with Crippen molar-refractivity contribution in [3.05, 3.63) is 53.7 Å². The minimum Gasteiger partial charge on any atom is -0.492 e. The lowest BCUT2D eigenvalue weighted by Gasteiger charge is -2.39. The van der Waals surface area contributed by atoms with Crippen molar-refractivity contribution in [2.24, 2.45) is 0 Å². The largest absolute Gasteiger partial charge is 0.492 e. The molecule has 0 aliphatic carbocycles. The van der Waals surface area contributed by atoms with Gasteiger partial charge in [0.05, 0.1) is 12.5 Å². The molecule has 0 unspecified atom stereocenters. The van der Waals surface area contributed by atoms with E-state index in [4.69, 9.17) is 9.16 Å². The number of ether oxygens (including phenoxy) is 1. The summed E-state index contributed by atoms with van der Waals surface area (Å²) >= 11 is 0. The van der Waals surface area contributed by atoms with Gasteiger partial charge in [-0.25, -0.2) is 4.98 Å². The number of hydrogen-bond donors (Lipinski definition) is 3. The number of pyridine rings is 1. The number of likely N-dealkylation sites (N-methyl/N-ethyl adjacent to an activating group) is 1. The van der Waals surface area contributed by atoms with Crippen LogP contribution in [0.25, 0.3) is 0 Å². The highest BCUT2D eigenvalue weighted by atomic mass is 28.4. The molecule has 8 nitrogen and oxygen atoms in total. The Morgan fingerprint density at radius 2 is 1.77 bits per heavy atom. The van der Waals surface area contributed by atoms with E-state index in [0.29, 0.717) is 31.9 Å². The van der Waals surface area contributed by atoms with Gasteiger partial charge in [-0.15, -0.1) is 0 Å². The third kappa shape index (κ3) is 9.43. The van der Waals surface area contributed by atoms with E-state index < -0.39 is 8.32 Å². The van der Waals surface area contributed by atoms with E-state index >= 15 is 0 Å². The number of hydrogen-bond acceptors (Lipinski definition) is 6. The van der Waals surface area contributed by atoms with Gasteiger partial charge in [-0.05, 0) is 47.5 Å². The summed E-state index contributed by atoms with van der Waals surface area (Å²) in [5, 5.41) is 8.84. The van der Waals surface area contributed by atoms with Crippen LogP contribution in [0.1, 0.15) is 44.9 Å². The molecule has 0 saturated carbocycles. The smallest absolute Gasteiger partial charge is 0.224 e. The molecule has 192 valence electrons. The molecule has 0 radical (unpaired) electrons. The Bertz CT molecular complexity index is 957. The Balaban J connectivity index is 1.94. The fourth-order valence-corrected chi connectivity index (χ4v) is 4.35. The number of carbonyl (C=O) groups excluding carboxylic acids is 2. The lowest BCUT2D eigenvalue weighted by Crippen LogP contribution is -2.43. The molecule has 9 heteroatoms. The molecule has 2 amide bonds. The minimum absolute atomic E-state index is 0.0164. The van der Waals surface area contributed by atoms with E-state index in [1.54, 1.807) is 19.3 Å². The predicted octanol–water partition coefficient (Wildman–Crippen LogP) is 4.06. The van der Waals surface area contributed by atoms with Gasteiger partial charge < -0.3 is 25.1 Å². The number of aromatic nitrogens is 1. The number of rotatable bonds is 12. The molecule has 3 N–H and O–H groups in total. The van der Waals surface area contributed by atoms with E-state index in [1.807, 2.05) is 30.3 Å². The predicted molar refractivity (Wildman–Crippen MR) is 142 cm³/mol. The number of carbonyl (C=O) groups is 2. The Kier molecular flexibility index (Phi) is 10.4. The Labute approximate surface area is 210 Å². The summed E-state index contributed by atoms with van der Waals surface area (Å²) in [6.07, 6.45) is 1.95. The van der Waals surface area contributed by atoms with Crippen LogP contribution in [0, 0.1) is 0 Å². The van der Waals surface area contributed by atoms with Crippen LogP contribution >= 0.6 is 0 Å². The number of amides is 2. The van der Waals surface area contributed by atoms with E-state index in [1.165, 1.54) is 6.92 Å². The zero-order valence-corrected chi connectivity index (χ0v) is 23.0. The maximum atomic E-state index is 11.5. The average Bonchev–Trinajstić information content (AvgIpc) is 2.78. The van der Waals surface area contributed by atoms with Gasteiger partial charge in [0, 0.05) is 33.3 Å².